The van der Waals surface area contributed by atoms with E-state index in [1.54, 1.807) is 18.2 Å². The maximum Gasteiger partial charge on any atom is 0.280 e. The van der Waals surface area contributed by atoms with Crippen LogP contribution in [0.2, 0.25) is 0 Å². The van der Waals surface area contributed by atoms with Gasteiger partial charge in [0.15, 0.2) is 11.5 Å². The Bertz CT molecular complexity index is 1400. The van der Waals surface area contributed by atoms with Crippen LogP contribution in [0.15, 0.2) is 52.5 Å². The SMILES string of the molecule is CCCCCCNC(=O)CCCS(=O)c1nc(-c2ccc(=O)n(Cc3ccc(OC)c(OC)c3)c2)cc(C(F)F)n1. The lowest BCUT2D eigenvalue weighted by Crippen LogP contribution is -2.24. The molecule has 0 spiro atoms. The molecule has 0 bridgehead atoms. The number of benzene rings is 1. The number of halogens is 2. The van der Waals surface area contributed by atoms with Gasteiger partial charge >= 0.3 is 0 Å². The maximum absolute atomic E-state index is 13.7. The fourth-order valence-electron chi connectivity index (χ4n) is 4.11. The smallest absolute Gasteiger partial charge is 0.280 e. The van der Waals surface area contributed by atoms with E-state index < -0.39 is 22.9 Å². The van der Waals surface area contributed by atoms with Crippen LogP contribution in [0, 0.1) is 0 Å². The van der Waals surface area contributed by atoms with E-state index in [9.17, 15) is 22.6 Å². The number of nitrogens with one attached hydrogen (secondary N) is 1. The van der Waals surface area contributed by atoms with Crippen LogP contribution < -0.4 is 20.3 Å². The van der Waals surface area contributed by atoms with Gasteiger partial charge in [-0.2, -0.15) is 0 Å². The van der Waals surface area contributed by atoms with Crippen molar-refractivity contribution >= 4 is 16.7 Å². The first-order chi connectivity index (χ1) is 19.7. The Morgan fingerprint density at radius 1 is 1.02 bits per heavy atom. The first kappa shape index (κ1) is 31.9. The predicted octanol–water partition coefficient (Wildman–Crippen LogP) is 4.89. The number of ether oxygens (including phenoxy) is 2. The van der Waals surface area contributed by atoms with E-state index in [1.165, 1.54) is 37.1 Å². The molecule has 0 aliphatic carbocycles. The first-order valence-electron chi connectivity index (χ1n) is 13.5. The van der Waals surface area contributed by atoms with Crippen LogP contribution in [-0.4, -0.2) is 51.2 Å². The number of alkyl halides is 2. The van der Waals surface area contributed by atoms with E-state index in [0.29, 0.717) is 30.0 Å². The Balaban J connectivity index is 1.75. The molecule has 41 heavy (non-hydrogen) atoms. The first-order valence-corrected chi connectivity index (χ1v) is 14.8. The molecule has 0 fully saturated rings. The number of hydrogen-bond acceptors (Lipinski definition) is 7. The van der Waals surface area contributed by atoms with Crippen LogP contribution >= 0.6 is 0 Å². The van der Waals surface area contributed by atoms with Crippen molar-refractivity contribution in [3.05, 3.63) is 64.2 Å². The summed E-state index contributed by atoms with van der Waals surface area (Å²) in [5, 5.41) is 2.60. The third-order valence-electron chi connectivity index (χ3n) is 6.32. The summed E-state index contributed by atoms with van der Waals surface area (Å²) in [4.78, 5) is 32.8. The number of carbonyl (C=O) groups is 1. The average Bonchev–Trinajstić information content (AvgIpc) is 2.97. The molecule has 1 aromatic carbocycles. The van der Waals surface area contributed by atoms with E-state index in [2.05, 4.69) is 22.2 Å². The summed E-state index contributed by atoms with van der Waals surface area (Å²) in [5.41, 5.74) is 0.379. The molecule has 12 heteroatoms. The molecule has 3 rings (SSSR count). The number of amides is 1. The van der Waals surface area contributed by atoms with Gasteiger partial charge in [0.1, 0.15) is 5.69 Å². The van der Waals surface area contributed by atoms with Crippen LogP contribution in [0.3, 0.4) is 0 Å². The molecule has 1 amide bonds. The van der Waals surface area contributed by atoms with Crippen molar-refractivity contribution in [2.75, 3.05) is 26.5 Å². The molecule has 0 aliphatic heterocycles. The Labute approximate surface area is 240 Å². The van der Waals surface area contributed by atoms with E-state index in [1.807, 2.05) is 0 Å². The van der Waals surface area contributed by atoms with Gasteiger partial charge in [-0.25, -0.2) is 18.7 Å². The zero-order chi connectivity index (χ0) is 29.8. The number of methoxy groups -OCH3 is 2. The van der Waals surface area contributed by atoms with Crippen LogP contribution in [0.4, 0.5) is 8.78 Å². The summed E-state index contributed by atoms with van der Waals surface area (Å²) in [6, 6.07) is 9.17. The number of pyridine rings is 1. The van der Waals surface area contributed by atoms with Gasteiger partial charge in [0, 0.05) is 36.5 Å². The second-order valence-electron chi connectivity index (χ2n) is 9.40. The van der Waals surface area contributed by atoms with E-state index in [-0.39, 0.29) is 41.0 Å². The van der Waals surface area contributed by atoms with Gasteiger partial charge in [0.25, 0.3) is 12.0 Å². The van der Waals surface area contributed by atoms with Gasteiger partial charge in [-0.3, -0.25) is 13.8 Å². The average molecular weight is 591 g/mol. The van der Waals surface area contributed by atoms with Crippen LogP contribution in [0.25, 0.3) is 11.3 Å². The molecule has 9 nitrogen and oxygen atoms in total. The standard InChI is InChI=1S/C29H36F2N4O5S/c1-4-5-6-7-14-32-26(36)9-8-15-41(38)29-33-22(17-23(34-29)28(30)31)21-11-13-27(37)35(19-21)18-20-10-12-24(39-2)25(16-20)40-3/h10-13,16-17,19,28H,4-9,14-15,18H2,1-3H3,(H,32,36). The molecule has 222 valence electrons. The van der Waals surface area contributed by atoms with Crippen LogP contribution in [-0.2, 0) is 22.1 Å². The van der Waals surface area contributed by atoms with Crippen LogP contribution in [0.1, 0.15) is 63.1 Å². The Hall–Kier alpha value is -3.67. The maximum atomic E-state index is 13.7. The van der Waals surface area contributed by atoms with E-state index >= 15 is 0 Å². The Kier molecular flexibility index (Phi) is 12.4. The molecular weight excluding hydrogens is 554 g/mol. The van der Waals surface area contributed by atoms with Crippen molar-refractivity contribution in [1.82, 2.24) is 19.9 Å². The molecule has 2 aromatic heterocycles. The van der Waals surface area contributed by atoms with Gasteiger partial charge in [-0.05, 0) is 42.7 Å². The van der Waals surface area contributed by atoms with Crippen molar-refractivity contribution in [1.29, 1.82) is 0 Å². The lowest BCUT2D eigenvalue weighted by Gasteiger charge is -2.12. The minimum absolute atomic E-state index is 0.0498. The second-order valence-corrected chi connectivity index (χ2v) is 10.9. The van der Waals surface area contributed by atoms with Crippen molar-refractivity contribution < 1.29 is 27.3 Å². The van der Waals surface area contributed by atoms with Gasteiger partial charge < -0.3 is 19.4 Å². The predicted molar refractivity (Wildman–Crippen MR) is 153 cm³/mol. The van der Waals surface area contributed by atoms with E-state index in [0.717, 1.165) is 37.3 Å². The highest BCUT2D eigenvalue weighted by Gasteiger charge is 2.18. The highest BCUT2D eigenvalue weighted by molar-refractivity contribution is 7.84. The summed E-state index contributed by atoms with van der Waals surface area (Å²) in [7, 11) is 1.23. The van der Waals surface area contributed by atoms with Crippen molar-refractivity contribution in [3.8, 4) is 22.8 Å². The summed E-state index contributed by atoms with van der Waals surface area (Å²) < 4.78 is 52.3. The molecule has 0 aliphatic rings. The molecule has 2 heterocycles. The Morgan fingerprint density at radius 2 is 1.80 bits per heavy atom. The lowest BCUT2D eigenvalue weighted by molar-refractivity contribution is -0.121. The fraction of sp³-hybridized carbons (Fsp3) is 0.448. The fourth-order valence-corrected chi connectivity index (χ4v) is 5.11. The molecule has 0 saturated heterocycles. The third kappa shape index (κ3) is 9.44. The van der Waals surface area contributed by atoms with Crippen molar-refractivity contribution in [2.45, 2.75) is 63.6 Å². The number of hydrogen-bond donors (Lipinski definition) is 1. The van der Waals surface area contributed by atoms with Gasteiger partial charge in [-0.15, -0.1) is 0 Å². The third-order valence-corrected chi connectivity index (χ3v) is 7.57. The van der Waals surface area contributed by atoms with Crippen LogP contribution in [0.5, 0.6) is 11.5 Å². The minimum Gasteiger partial charge on any atom is -0.493 e. The summed E-state index contributed by atoms with van der Waals surface area (Å²) in [5.74, 6) is 0.955. The zero-order valence-corrected chi connectivity index (χ0v) is 24.3. The van der Waals surface area contributed by atoms with E-state index in [4.69, 9.17) is 9.47 Å². The molecule has 1 atom stereocenters. The highest BCUT2D eigenvalue weighted by Crippen LogP contribution is 2.28. The normalized spacial score (nSPS) is 11.9. The van der Waals surface area contributed by atoms with Crippen molar-refractivity contribution in [3.63, 3.8) is 0 Å². The molecule has 0 radical (unpaired) electrons. The highest BCUT2D eigenvalue weighted by atomic mass is 32.2. The lowest BCUT2D eigenvalue weighted by atomic mass is 10.1. The van der Waals surface area contributed by atoms with Crippen molar-refractivity contribution in [2.24, 2.45) is 0 Å². The number of aromatic nitrogens is 3. The molecule has 3 aromatic rings. The molecule has 1 unspecified atom stereocenters. The molecule has 1 N–H and O–H groups in total. The Morgan fingerprint density at radius 3 is 2.51 bits per heavy atom. The number of rotatable bonds is 16. The van der Waals surface area contributed by atoms with Gasteiger partial charge in [0.2, 0.25) is 11.1 Å². The summed E-state index contributed by atoms with van der Waals surface area (Å²) in [6.45, 7) is 2.89. The minimum atomic E-state index is -2.91. The monoisotopic (exact) mass is 590 g/mol. The molecular formula is C29H36F2N4O5S. The zero-order valence-electron chi connectivity index (χ0n) is 23.5. The summed E-state index contributed by atoms with van der Waals surface area (Å²) >= 11 is 0. The quantitative estimate of drug-likeness (QED) is 0.187. The van der Waals surface area contributed by atoms with Gasteiger partial charge in [-0.1, -0.05) is 32.3 Å². The molecule has 0 saturated carbocycles. The topological polar surface area (TPSA) is 112 Å². The largest absolute Gasteiger partial charge is 0.493 e. The second kappa shape index (κ2) is 15.9. The number of carbonyl (C=O) groups excluding carboxylic acids is 1. The summed E-state index contributed by atoms with van der Waals surface area (Å²) in [6.07, 6.45) is 3.24. The van der Waals surface area contributed by atoms with Gasteiger partial charge in [0.05, 0.1) is 37.3 Å². The number of unbranched alkanes of at least 4 members (excludes halogenated alkanes) is 3. The number of nitrogens with zero attached hydrogens (tertiary/aromatic N) is 3.